The van der Waals surface area contributed by atoms with Crippen molar-refractivity contribution in [3.63, 3.8) is 0 Å². The number of anilines is 1. The molecule has 1 aliphatic carbocycles. The molecule has 0 bridgehead atoms. The van der Waals surface area contributed by atoms with E-state index in [4.69, 9.17) is 14.3 Å². The fraction of sp³-hybridized carbons (Fsp3) is 0.500. The van der Waals surface area contributed by atoms with Crippen molar-refractivity contribution in [1.82, 2.24) is 0 Å². The van der Waals surface area contributed by atoms with E-state index in [2.05, 4.69) is 5.32 Å². The van der Waals surface area contributed by atoms with Gasteiger partial charge in [0.2, 0.25) is 5.76 Å². The maximum Gasteiger partial charge on any atom is 0.371 e. The van der Waals surface area contributed by atoms with Crippen molar-refractivity contribution in [1.29, 1.82) is 0 Å². The highest BCUT2D eigenvalue weighted by molar-refractivity contribution is 5.84. The van der Waals surface area contributed by atoms with Crippen LogP contribution < -0.4 is 5.32 Å². The molecule has 1 aromatic rings. The van der Waals surface area contributed by atoms with E-state index < -0.39 is 5.97 Å². The number of methoxy groups -OCH3 is 1. The van der Waals surface area contributed by atoms with Gasteiger partial charge < -0.3 is 19.6 Å². The van der Waals surface area contributed by atoms with E-state index in [1.54, 1.807) is 13.2 Å². The van der Waals surface area contributed by atoms with Gasteiger partial charge in [-0.15, -0.1) is 0 Å². The van der Waals surface area contributed by atoms with Gasteiger partial charge in [0, 0.05) is 19.2 Å². The first-order valence-electron chi connectivity index (χ1n) is 4.81. The summed E-state index contributed by atoms with van der Waals surface area (Å²) in [7, 11) is 1.69. The Morgan fingerprint density at radius 1 is 1.60 bits per heavy atom. The minimum Gasteiger partial charge on any atom is -0.475 e. The first kappa shape index (κ1) is 10.0. The van der Waals surface area contributed by atoms with Crippen LogP contribution in [0.25, 0.3) is 0 Å². The van der Waals surface area contributed by atoms with Gasteiger partial charge in [-0.1, -0.05) is 0 Å². The lowest BCUT2D eigenvalue weighted by molar-refractivity contribution is 0.0323. The lowest BCUT2D eigenvalue weighted by Crippen LogP contribution is -2.40. The van der Waals surface area contributed by atoms with Crippen molar-refractivity contribution >= 4 is 11.9 Å². The van der Waals surface area contributed by atoms with Crippen LogP contribution in [0.1, 0.15) is 23.4 Å². The lowest BCUT2D eigenvalue weighted by Gasteiger charge is -2.34. The Balaban J connectivity index is 1.87. The monoisotopic (exact) mass is 211 g/mol. The summed E-state index contributed by atoms with van der Waals surface area (Å²) < 4.78 is 10.2. The van der Waals surface area contributed by atoms with E-state index in [-0.39, 0.29) is 5.76 Å². The van der Waals surface area contributed by atoms with Crippen molar-refractivity contribution in [2.45, 2.75) is 25.0 Å². The van der Waals surface area contributed by atoms with Crippen LogP contribution in [0, 0.1) is 0 Å². The van der Waals surface area contributed by atoms with E-state index in [9.17, 15) is 4.79 Å². The van der Waals surface area contributed by atoms with Crippen molar-refractivity contribution < 1.29 is 19.1 Å². The van der Waals surface area contributed by atoms with Crippen molar-refractivity contribution in [3.05, 3.63) is 17.9 Å². The molecule has 2 rings (SSSR count). The second-order valence-electron chi connectivity index (χ2n) is 3.64. The number of hydrogen-bond acceptors (Lipinski definition) is 4. The van der Waals surface area contributed by atoms with Crippen LogP contribution in [0.15, 0.2) is 16.5 Å². The molecule has 2 N–H and O–H groups in total. The van der Waals surface area contributed by atoms with Gasteiger partial charge in [-0.25, -0.2) is 4.79 Å². The SMILES string of the molecule is COC1CC(Nc2ccc(C(=O)O)o2)C1. The molecule has 0 spiro atoms. The summed E-state index contributed by atoms with van der Waals surface area (Å²) in [5, 5.41) is 11.7. The van der Waals surface area contributed by atoms with Gasteiger partial charge in [0.25, 0.3) is 0 Å². The van der Waals surface area contributed by atoms with Crippen LogP contribution in [0.5, 0.6) is 0 Å². The number of hydrogen-bond donors (Lipinski definition) is 2. The molecular weight excluding hydrogens is 198 g/mol. The zero-order chi connectivity index (χ0) is 10.8. The molecule has 0 amide bonds. The minimum atomic E-state index is -1.05. The van der Waals surface area contributed by atoms with Gasteiger partial charge >= 0.3 is 5.97 Å². The highest BCUT2D eigenvalue weighted by Gasteiger charge is 2.29. The van der Waals surface area contributed by atoms with E-state index in [0.717, 1.165) is 12.8 Å². The number of aromatic carboxylic acids is 1. The third kappa shape index (κ3) is 2.12. The first-order valence-corrected chi connectivity index (χ1v) is 4.81. The van der Waals surface area contributed by atoms with Gasteiger partial charge in [-0.05, 0) is 18.9 Å². The van der Waals surface area contributed by atoms with E-state index >= 15 is 0 Å². The topological polar surface area (TPSA) is 71.7 Å². The summed E-state index contributed by atoms with van der Waals surface area (Å²) in [6.07, 6.45) is 2.18. The van der Waals surface area contributed by atoms with Crippen LogP contribution >= 0.6 is 0 Å². The molecule has 1 aliphatic rings. The third-order valence-corrected chi connectivity index (χ3v) is 2.59. The maximum atomic E-state index is 10.5. The van der Waals surface area contributed by atoms with Crippen molar-refractivity contribution in [3.8, 4) is 0 Å². The summed E-state index contributed by atoms with van der Waals surface area (Å²) in [6.45, 7) is 0. The number of carboxylic acids is 1. The summed E-state index contributed by atoms with van der Waals surface area (Å²) >= 11 is 0. The van der Waals surface area contributed by atoms with Gasteiger partial charge in [0.05, 0.1) is 6.10 Å². The number of carbonyl (C=O) groups is 1. The number of carboxylic acid groups (broad SMARTS) is 1. The Morgan fingerprint density at radius 3 is 2.87 bits per heavy atom. The fourth-order valence-electron chi connectivity index (χ4n) is 1.61. The molecule has 0 aliphatic heterocycles. The van der Waals surface area contributed by atoms with Gasteiger partial charge in [-0.3, -0.25) is 0 Å². The summed E-state index contributed by atoms with van der Waals surface area (Å²) in [5.74, 6) is -0.585. The average molecular weight is 211 g/mol. The van der Waals surface area contributed by atoms with Crippen molar-refractivity contribution in [2.75, 3.05) is 12.4 Å². The molecule has 0 aromatic carbocycles. The Kier molecular flexibility index (Phi) is 2.64. The molecule has 82 valence electrons. The quantitative estimate of drug-likeness (QED) is 0.790. The molecule has 5 nitrogen and oxygen atoms in total. The Bertz CT molecular complexity index is 354. The minimum absolute atomic E-state index is 0.0416. The second kappa shape index (κ2) is 3.94. The Morgan fingerprint density at radius 2 is 2.33 bits per heavy atom. The van der Waals surface area contributed by atoms with Crippen LogP contribution in [-0.4, -0.2) is 30.3 Å². The van der Waals surface area contributed by atoms with E-state index in [0.29, 0.717) is 18.0 Å². The summed E-state index contributed by atoms with van der Waals surface area (Å²) in [6, 6.07) is 3.39. The molecule has 0 unspecified atom stereocenters. The van der Waals surface area contributed by atoms with Gasteiger partial charge in [-0.2, -0.15) is 0 Å². The molecule has 5 heteroatoms. The molecule has 15 heavy (non-hydrogen) atoms. The third-order valence-electron chi connectivity index (χ3n) is 2.59. The predicted octanol–water partition coefficient (Wildman–Crippen LogP) is 1.57. The highest BCUT2D eigenvalue weighted by atomic mass is 16.5. The molecule has 1 fully saturated rings. The summed E-state index contributed by atoms with van der Waals surface area (Å²) in [4.78, 5) is 10.5. The van der Waals surface area contributed by atoms with Gasteiger partial charge in [0.15, 0.2) is 5.88 Å². The predicted molar refractivity (Wildman–Crippen MR) is 53.1 cm³/mol. The van der Waals surface area contributed by atoms with Crippen LogP contribution in [-0.2, 0) is 4.74 Å². The molecule has 1 saturated carbocycles. The maximum absolute atomic E-state index is 10.5. The number of ether oxygens (including phenoxy) is 1. The van der Waals surface area contributed by atoms with E-state index in [1.165, 1.54) is 6.07 Å². The molecule has 0 atom stereocenters. The fourth-order valence-corrected chi connectivity index (χ4v) is 1.61. The average Bonchev–Trinajstić information content (AvgIpc) is 2.58. The first-order chi connectivity index (χ1) is 7.19. The highest BCUT2D eigenvalue weighted by Crippen LogP contribution is 2.26. The Labute approximate surface area is 87.0 Å². The smallest absolute Gasteiger partial charge is 0.371 e. The number of furan rings is 1. The normalized spacial score (nSPS) is 24.6. The van der Waals surface area contributed by atoms with E-state index in [1.807, 2.05) is 0 Å². The number of rotatable bonds is 4. The van der Waals surface area contributed by atoms with Gasteiger partial charge in [0.1, 0.15) is 0 Å². The molecular formula is C10H13NO4. The summed E-state index contributed by atoms with van der Waals surface area (Å²) in [5.41, 5.74) is 0. The molecule has 0 radical (unpaired) electrons. The zero-order valence-electron chi connectivity index (χ0n) is 8.40. The molecule has 1 aromatic heterocycles. The standard InChI is InChI=1S/C10H13NO4/c1-14-7-4-6(5-7)11-9-3-2-8(15-9)10(12)13/h2-3,6-7,11H,4-5H2,1H3,(H,12,13). The second-order valence-corrected chi connectivity index (χ2v) is 3.64. The number of nitrogens with one attached hydrogen (secondary N) is 1. The largest absolute Gasteiger partial charge is 0.475 e. The Hall–Kier alpha value is -1.49. The molecule has 0 saturated heterocycles. The zero-order valence-corrected chi connectivity index (χ0v) is 8.40. The van der Waals surface area contributed by atoms with Crippen LogP contribution in [0.2, 0.25) is 0 Å². The molecule has 1 heterocycles. The van der Waals surface area contributed by atoms with Crippen LogP contribution in [0.3, 0.4) is 0 Å². The van der Waals surface area contributed by atoms with Crippen molar-refractivity contribution in [2.24, 2.45) is 0 Å². The lowest BCUT2D eigenvalue weighted by atomic mass is 9.89. The van der Waals surface area contributed by atoms with Crippen LogP contribution in [0.4, 0.5) is 5.88 Å².